The van der Waals surface area contributed by atoms with E-state index in [1.54, 1.807) is 0 Å². The van der Waals surface area contributed by atoms with Gasteiger partial charge in [0.05, 0.1) is 17.6 Å². The molecule has 1 heterocycles. The Kier molecular flexibility index (Phi) is 6.21. The van der Waals surface area contributed by atoms with Gasteiger partial charge in [0.15, 0.2) is 0 Å². The molecule has 0 amide bonds. The van der Waals surface area contributed by atoms with Gasteiger partial charge >= 0.3 is 0 Å². The molecular formula is C17H29N3. The fourth-order valence-electron chi connectivity index (χ4n) is 2.17. The largest absolute Gasteiger partial charge is 0.362 e. The minimum absolute atomic E-state index is 0.0590. The first-order chi connectivity index (χ1) is 9.40. The van der Waals surface area contributed by atoms with Crippen molar-refractivity contribution in [2.45, 2.75) is 52.6 Å². The van der Waals surface area contributed by atoms with E-state index in [0.717, 1.165) is 30.9 Å². The van der Waals surface area contributed by atoms with Crippen LogP contribution in [0.25, 0.3) is 0 Å². The zero-order chi connectivity index (χ0) is 15.2. The molecule has 0 saturated heterocycles. The van der Waals surface area contributed by atoms with Crippen molar-refractivity contribution in [2.24, 2.45) is 0 Å². The van der Waals surface area contributed by atoms with Gasteiger partial charge in [0.25, 0.3) is 0 Å². The van der Waals surface area contributed by atoms with E-state index in [-0.39, 0.29) is 5.54 Å². The molecule has 0 spiro atoms. The molecular weight excluding hydrogens is 246 g/mol. The van der Waals surface area contributed by atoms with Gasteiger partial charge in [0.2, 0.25) is 0 Å². The Morgan fingerprint density at radius 2 is 2.10 bits per heavy atom. The third-order valence-corrected chi connectivity index (χ3v) is 3.35. The van der Waals surface area contributed by atoms with Gasteiger partial charge in [-0.15, -0.1) is 6.58 Å². The van der Waals surface area contributed by atoms with Crippen LogP contribution in [-0.4, -0.2) is 23.6 Å². The van der Waals surface area contributed by atoms with Crippen LogP contribution in [0.4, 0.5) is 5.69 Å². The lowest BCUT2D eigenvalue weighted by Gasteiger charge is -2.36. The van der Waals surface area contributed by atoms with Crippen LogP contribution in [0.2, 0.25) is 0 Å². The first-order valence-electron chi connectivity index (χ1n) is 7.48. The molecule has 1 atom stereocenters. The van der Waals surface area contributed by atoms with Crippen molar-refractivity contribution >= 4 is 5.69 Å². The number of rotatable bonds is 7. The second-order valence-electron chi connectivity index (χ2n) is 6.19. The highest BCUT2D eigenvalue weighted by molar-refractivity contribution is 5.47. The molecule has 1 rings (SSSR count). The van der Waals surface area contributed by atoms with Crippen LogP contribution in [0, 0.1) is 0 Å². The van der Waals surface area contributed by atoms with E-state index in [0.29, 0.717) is 6.04 Å². The van der Waals surface area contributed by atoms with Gasteiger partial charge in [0.1, 0.15) is 0 Å². The second kappa shape index (κ2) is 7.44. The van der Waals surface area contributed by atoms with Gasteiger partial charge in [-0.3, -0.25) is 4.98 Å². The molecule has 0 aliphatic heterocycles. The van der Waals surface area contributed by atoms with Crippen LogP contribution >= 0.6 is 0 Å². The molecule has 1 aromatic heterocycles. The van der Waals surface area contributed by atoms with Crippen LogP contribution in [0.5, 0.6) is 0 Å². The molecule has 0 aliphatic rings. The normalized spacial score (nSPS) is 13.1. The van der Waals surface area contributed by atoms with Gasteiger partial charge < -0.3 is 10.2 Å². The molecule has 3 heteroatoms. The molecule has 20 heavy (non-hydrogen) atoms. The molecule has 112 valence electrons. The van der Waals surface area contributed by atoms with E-state index in [9.17, 15) is 0 Å². The fourth-order valence-corrected chi connectivity index (χ4v) is 2.17. The molecule has 0 saturated carbocycles. The summed E-state index contributed by atoms with van der Waals surface area (Å²) in [5, 5.41) is 3.46. The summed E-state index contributed by atoms with van der Waals surface area (Å²) in [6, 6.07) is 4.57. The Bertz CT molecular complexity index is 403. The summed E-state index contributed by atoms with van der Waals surface area (Å²) < 4.78 is 0. The molecule has 0 aromatic carbocycles. The Labute approximate surface area is 124 Å². The van der Waals surface area contributed by atoms with Crippen LogP contribution in [0.15, 0.2) is 31.0 Å². The quantitative estimate of drug-likeness (QED) is 0.764. The average Bonchev–Trinajstić information content (AvgIpc) is 2.41. The fraction of sp³-hybridized carbons (Fsp3) is 0.588. The van der Waals surface area contributed by atoms with Gasteiger partial charge in [-0.05, 0) is 52.8 Å². The zero-order valence-electron chi connectivity index (χ0n) is 13.6. The monoisotopic (exact) mass is 275 g/mol. The van der Waals surface area contributed by atoms with Crippen molar-refractivity contribution in [2.75, 3.05) is 18.0 Å². The van der Waals surface area contributed by atoms with Gasteiger partial charge in [0, 0.05) is 18.1 Å². The number of aromatic nitrogens is 1. The molecule has 3 nitrogen and oxygen atoms in total. The lowest BCUT2D eigenvalue weighted by Crippen LogP contribution is -2.41. The number of hydrogen-bond acceptors (Lipinski definition) is 3. The summed E-state index contributed by atoms with van der Waals surface area (Å²) in [6.07, 6.45) is 5.04. The maximum atomic E-state index is 4.61. The molecule has 0 aliphatic carbocycles. The SMILES string of the molecule is C=CCN(c1ccc(C(C)NCCC)nc1)C(C)(C)C. The number of anilines is 1. The summed E-state index contributed by atoms with van der Waals surface area (Å²) in [5.41, 5.74) is 2.29. The summed E-state index contributed by atoms with van der Waals surface area (Å²) in [4.78, 5) is 6.92. The van der Waals surface area contributed by atoms with E-state index >= 15 is 0 Å². The maximum absolute atomic E-state index is 4.61. The lowest BCUT2D eigenvalue weighted by atomic mass is 10.0. The second-order valence-corrected chi connectivity index (χ2v) is 6.19. The highest BCUT2D eigenvalue weighted by atomic mass is 15.2. The molecule has 0 radical (unpaired) electrons. The van der Waals surface area contributed by atoms with Crippen LogP contribution < -0.4 is 10.2 Å². The Hall–Kier alpha value is -1.35. The van der Waals surface area contributed by atoms with Crippen molar-refractivity contribution in [1.82, 2.24) is 10.3 Å². The van der Waals surface area contributed by atoms with E-state index in [4.69, 9.17) is 0 Å². The minimum atomic E-state index is 0.0590. The van der Waals surface area contributed by atoms with Crippen LogP contribution in [0.3, 0.4) is 0 Å². The smallest absolute Gasteiger partial charge is 0.0572 e. The first kappa shape index (κ1) is 16.7. The van der Waals surface area contributed by atoms with Crippen molar-refractivity contribution in [3.63, 3.8) is 0 Å². The van der Waals surface area contributed by atoms with Crippen LogP contribution in [0.1, 0.15) is 52.8 Å². The Morgan fingerprint density at radius 1 is 1.40 bits per heavy atom. The number of nitrogens with zero attached hydrogens (tertiary/aromatic N) is 2. The highest BCUT2D eigenvalue weighted by Gasteiger charge is 2.20. The van der Waals surface area contributed by atoms with Crippen molar-refractivity contribution in [3.8, 4) is 0 Å². The first-order valence-corrected chi connectivity index (χ1v) is 7.48. The van der Waals surface area contributed by atoms with E-state index in [1.807, 2.05) is 12.3 Å². The van der Waals surface area contributed by atoms with Gasteiger partial charge in [-0.2, -0.15) is 0 Å². The van der Waals surface area contributed by atoms with E-state index < -0.39 is 0 Å². The number of nitrogens with one attached hydrogen (secondary N) is 1. The standard InChI is InChI=1S/C17H29N3/c1-7-11-18-14(3)16-10-9-15(13-19-16)20(12-8-2)17(4,5)6/h8-10,13-14,18H,2,7,11-12H2,1,3-6H3. The van der Waals surface area contributed by atoms with Crippen molar-refractivity contribution < 1.29 is 0 Å². The molecule has 0 bridgehead atoms. The van der Waals surface area contributed by atoms with Crippen molar-refractivity contribution in [1.29, 1.82) is 0 Å². The molecule has 0 fully saturated rings. The third kappa shape index (κ3) is 4.64. The lowest BCUT2D eigenvalue weighted by molar-refractivity contribution is 0.520. The molecule has 1 N–H and O–H groups in total. The zero-order valence-corrected chi connectivity index (χ0v) is 13.6. The topological polar surface area (TPSA) is 28.2 Å². The predicted octanol–water partition coefficient (Wildman–Crippen LogP) is 3.93. The predicted molar refractivity (Wildman–Crippen MR) is 88.2 cm³/mol. The summed E-state index contributed by atoms with van der Waals surface area (Å²) in [7, 11) is 0. The van der Waals surface area contributed by atoms with Crippen LogP contribution in [-0.2, 0) is 0 Å². The van der Waals surface area contributed by atoms with E-state index in [1.165, 1.54) is 0 Å². The Balaban J connectivity index is 2.85. The molecule has 1 unspecified atom stereocenters. The average molecular weight is 275 g/mol. The summed E-state index contributed by atoms with van der Waals surface area (Å²) in [5.74, 6) is 0. The maximum Gasteiger partial charge on any atom is 0.0572 e. The summed E-state index contributed by atoms with van der Waals surface area (Å²) in [6.45, 7) is 16.6. The Morgan fingerprint density at radius 3 is 2.55 bits per heavy atom. The minimum Gasteiger partial charge on any atom is -0.362 e. The molecule has 1 aromatic rings. The van der Waals surface area contributed by atoms with E-state index in [2.05, 4.69) is 68.5 Å². The van der Waals surface area contributed by atoms with Gasteiger partial charge in [-0.25, -0.2) is 0 Å². The van der Waals surface area contributed by atoms with Gasteiger partial charge in [-0.1, -0.05) is 13.0 Å². The highest BCUT2D eigenvalue weighted by Crippen LogP contribution is 2.24. The van der Waals surface area contributed by atoms with Crippen molar-refractivity contribution in [3.05, 3.63) is 36.7 Å². The number of pyridine rings is 1. The third-order valence-electron chi connectivity index (χ3n) is 3.35. The summed E-state index contributed by atoms with van der Waals surface area (Å²) >= 11 is 0. The number of hydrogen-bond donors (Lipinski definition) is 1.